The Morgan fingerprint density at radius 1 is 0.909 bits per heavy atom. The highest BCUT2D eigenvalue weighted by atomic mass is 16.5. The third-order valence-electron chi connectivity index (χ3n) is 7.79. The Morgan fingerprint density at radius 2 is 1.66 bits per heavy atom. The lowest BCUT2D eigenvalue weighted by molar-refractivity contribution is 0.102. The van der Waals surface area contributed by atoms with Crippen molar-refractivity contribution in [3.05, 3.63) is 119 Å². The topological polar surface area (TPSA) is 106 Å². The van der Waals surface area contributed by atoms with Crippen LogP contribution in [0.1, 0.15) is 32.9 Å². The first kappa shape index (κ1) is 28.9. The van der Waals surface area contributed by atoms with Crippen LogP contribution in [0.4, 0.5) is 11.4 Å². The number of para-hydroxylation sites is 2. The molecule has 0 spiro atoms. The van der Waals surface area contributed by atoms with Crippen LogP contribution in [0.15, 0.2) is 91.3 Å². The van der Waals surface area contributed by atoms with Gasteiger partial charge < -0.3 is 20.1 Å². The molecule has 0 atom stereocenters. The van der Waals surface area contributed by atoms with Crippen LogP contribution in [-0.4, -0.2) is 58.1 Å². The number of methoxy groups -OCH3 is 2. The minimum Gasteiger partial charge on any atom is -0.493 e. The number of hydrogen-bond acceptors (Lipinski definition) is 8. The summed E-state index contributed by atoms with van der Waals surface area (Å²) < 4.78 is 12.8. The highest BCUT2D eigenvalue weighted by Gasteiger charge is 2.19. The van der Waals surface area contributed by atoms with E-state index in [0.29, 0.717) is 17.9 Å². The number of benzene rings is 3. The second kappa shape index (κ2) is 13.4. The molecular weight excluding hydrogens is 554 g/mol. The van der Waals surface area contributed by atoms with Gasteiger partial charge in [0.25, 0.3) is 5.91 Å². The largest absolute Gasteiger partial charge is 0.493 e. The van der Waals surface area contributed by atoms with E-state index < -0.39 is 0 Å². The summed E-state index contributed by atoms with van der Waals surface area (Å²) in [4.78, 5) is 19.2. The summed E-state index contributed by atoms with van der Waals surface area (Å²) >= 11 is 0. The number of nitrogens with zero attached hydrogens (tertiary/aromatic N) is 5. The van der Waals surface area contributed by atoms with Crippen molar-refractivity contribution in [2.45, 2.75) is 25.9 Å². The molecule has 5 aromatic rings. The summed E-state index contributed by atoms with van der Waals surface area (Å²) in [5.74, 6) is 1.31. The molecule has 0 saturated carbocycles. The van der Waals surface area contributed by atoms with E-state index in [2.05, 4.69) is 67.2 Å². The van der Waals surface area contributed by atoms with Crippen molar-refractivity contribution in [3.8, 4) is 17.2 Å². The SMILES string of the molecule is COc1cc2c(cc1OC)CN(CCc1ccc(-n3cc(CNc4ccccc4NC(=O)c4ccccn4)nn3)cc1)CC2. The Hall–Kier alpha value is -5.22. The maximum Gasteiger partial charge on any atom is 0.274 e. The van der Waals surface area contributed by atoms with Gasteiger partial charge in [0, 0.05) is 25.8 Å². The van der Waals surface area contributed by atoms with E-state index in [1.165, 1.54) is 16.7 Å². The Balaban J connectivity index is 1.02. The number of carbonyl (C=O) groups excluding carboxylic acids is 1. The maximum atomic E-state index is 12.6. The summed E-state index contributed by atoms with van der Waals surface area (Å²) in [6, 6.07) is 25.5. The normalized spacial score (nSPS) is 12.8. The second-order valence-corrected chi connectivity index (χ2v) is 10.6. The van der Waals surface area contributed by atoms with E-state index in [1.807, 2.05) is 30.5 Å². The van der Waals surface area contributed by atoms with Crippen LogP contribution in [0, 0.1) is 0 Å². The number of aromatic nitrogens is 4. The lowest BCUT2D eigenvalue weighted by Gasteiger charge is -2.29. The lowest BCUT2D eigenvalue weighted by atomic mass is 9.98. The van der Waals surface area contributed by atoms with Gasteiger partial charge >= 0.3 is 0 Å². The average molecular weight is 590 g/mol. The van der Waals surface area contributed by atoms with Gasteiger partial charge in [0.2, 0.25) is 0 Å². The summed E-state index contributed by atoms with van der Waals surface area (Å²) in [6.45, 7) is 3.37. The van der Waals surface area contributed by atoms with Gasteiger partial charge in [-0.3, -0.25) is 14.7 Å². The van der Waals surface area contributed by atoms with Crippen molar-refractivity contribution in [1.29, 1.82) is 0 Å². The highest BCUT2D eigenvalue weighted by molar-refractivity contribution is 6.04. The molecule has 0 unspecified atom stereocenters. The first-order valence-electron chi connectivity index (χ1n) is 14.6. The van der Waals surface area contributed by atoms with Gasteiger partial charge in [-0.25, -0.2) is 4.68 Å². The average Bonchev–Trinajstić information content (AvgIpc) is 3.56. The zero-order valence-electron chi connectivity index (χ0n) is 24.9. The monoisotopic (exact) mass is 589 g/mol. The van der Waals surface area contributed by atoms with Gasteiger partial charge in [-0.05, 0) is 78.1 Å². The minimum atomic E-state index is -0.266. The molecule has 3 aromatic carbocycles. The molecule has 3 heterocycles. The fourth-order valence-electron chi connectivity index (χ4n) is 5.36. The van der Waals surface area contributed by atoms with Gasteiger partial charge in [0.05, 0.1) is 44.0 Å². The van der Waals surface area contributed by atoms with Gasteiger partial charge in [-0.2, -0.15) is 0 Å². The van der Waals surface area contributed by atoms with E-state index >= 15 is 0 Å². The first-order valence-corrected chi connectivity index (χ1v) is 14.6. The van der Waals surface area contributed by atoms with Gasteiger partial charge in [0.1, 0.15) is 11.4 Å². The predicted molar refractivity (Wildman–Crippen MR) is 170 cm³/mol. The number of ether oxygens (including phenoxy) is 2. The molecule has 44 heavy (non-hydrogen) atoms. The number of hydrogen-bond donors (Lipinski definition) is 2. The summed E-state index contributed by atoms with van der Waals surface area (Å²) in [5, 5.41) is 14.9. The van der Waals surface area contributed by atoms with E-state index in [1.54, 1.807) is 43.3 Å². The molecule has 2 aromatic heterocycles. The third-order valence-corrected chi connectivity index (χ3v) is 7.79. The molecule has 10 nitrogen and oxygen atoms in total. The van der Waals surface area contributed by atoms with Crippen molar-refractivity contribution in [1.82, 2.24) is 24.9 Å². The number of carbonyl (C=O) groups is 1. The molecule has 2 N–H and O–H groups in total. The first-order chi connectivity index (χ1) is 21.6. The number of nitrogens with one attached hydrogen (secondary N) is 2. The van der Waals surface area contributed by atoms with Crippen LogP contribution < -0.4 is 20.1 Å². The molecule has 1 aliphatic rings. The van der Waals surface area contributed by atoms with Gasteiger partial charge in [0.15, 0.2) is 11.5 Å². The molecule has 0 bridgehead atoms. The fourth-order valence-corrected chi connectivity index (χ4v) is 5.36. The van der Waals surface area contributed by atoms with Crippen molar-refractivity contribution in [3.63, 3.8) is 0 Å². The minimum absolute atomic E-state index is 0.266. The number of pyridine rings is 1. The van der Waals surface area contributed by atoms with Gasteiger partial charge in [-0.15, -0.1) is 5.10 Å². The second-order valence-electron chi connectivity index (χ2n) is 10.6. The predicted octanol–water partition coefficient (Wildman–Crippen LogP) is 5.14. The van der Waals surface area contributed by atoms with Crippen molar-refractivity contribution < 1.29 is 14.3 Å². The Labute approximate surface area is 256 Å². The van der Waals surface area contributed by atoms with Crippen LogP contribution >= 0.6 is 0 Å². The summed E-state index contributed by atoms with van der Waals surface area (Å²) in [7, 11) is 3.36. The van der Waals surface area contributed by atoms with E-state index in [-0.39, 0.29) is 5.91 Å². The smallest absolute Gasteiger partial charge is 0.274 e. The van der Waals surface area contributed by atoms with Crippen LogP contribution in [0.5, 0.6) is 11.5 Å². The van der Waals surface area contributed by atoms with E-state index in [4.69, 9.17) is 9.47 Å². The Morgan fingerprint density at radius 3 is 2.41 bits per heavy atom. The van der Waals surface area contributed by atoms with Crippen molar-refractivity contribution in [2.24, 2.45) is 0 Å². The summed E-state index contributed by atoms with van der Waals surface area (Å²) in [5.41, 5.74) is 7.45. The van der Waals surface area contributed by atoms with Crippen molar-refractivity contribution in [2.75, 3.05) is 37.9 Å². The third kappa shape index (κ3) is 6.71. The molecule has 1 aliphatic heterocycles. The molecular formula is C34H35N7O3. The van der Waals surface area contributed by atoms with Crippen LogP contribution in [-0.2, 0) is 25.9 Å². The van der Waals surface area contributed by atoms with E-state index in [0.717, 1.165) is 61.0 Å². The Kier molecular flexibility index (Phi) is 8.79. The maximum absolute atomic E-state index is 12.6. The molecule has 0 saturated heterocycles. The molecule has 10 heteroatoms. The zero-order valence-corrected chi connectivity index (χ0v) is 24.9. The van der Waals surface area contributed by atoms with Crippen LogP contribution in [0.3, 0.4) is 0 Å². The molecule has 1 amide bonds. The molecule has 0 aliphatic carbocycles. The number of anilines is 2. The standard InChI is InChI=1S/C34H35N7O3/c1-43-32-19-25-15-18-40(22-26(25)20-33(32)44-2)17-14-24-10-12-28(13-11-24)41-23-27(38-39-41)21-36-29-7-3-4-8-30(29)37-34(42)31-9-5-6-16-35-31/h3-13,16,19-20,23,36H,14-15,17-18,21-22H2,1-2H3,(H,37,42). The molecule has 0 fully saturated rings. The van der Waals surface area contributed by atoms with E-state index in [9.17, 15) is 4.79 Å². The summed E-state index contributed by atoms with van der Waals surface area (Å²) in [6.07, 6.45) is 5.47. The molecule has 224 valence electrons. The Bertz CT molecular complexity index is 1720. The quantitative estimate of drug-likeness (QED) is 0.218. The van der Waals surface area contributed by atoms with Crippen LogP contribution in [0.2, 0.25) is 0 Å². The number of fused-ring (bicyclic) bond motifs is 1. The van der Waals surface area contributed by atoms with Gasteiger partial charge in [-0.1, -0.05) is 35.5 Å². The number of rotatable bonds is 11. The fraction of sp³-hybridized carbons (Fsp3) is 0.235. The molecule has 6 rings (SSSR count). The molecule has 0 radical (unpaired) electrons. The lowest BCUT2D eigenvalue weighted by Crippen LogP contribution is -2.32. The van der Waals surface area contributed by atoms with Crippen LogP contribution in [0.25, 0.3) is 5.69 Å². The highest BCUT2D eigenvalue weighted by Crippen LogP contribution is 2.33. The van der Waals surface area contributed by atoms with Crippen molar-refractivity contribution >= 4 is 17.3 Å². The zero-order chi connectivity index (χ0) is 30.3. The number of amides is 1.